The third kappa shape index (κ3) is 4.61. The van der Waals surface area contributed by atoms with Crippen molar-refractivity contribution in [2.75, 3.05) is 7.11 Å². The Kier molecular flexibility index (Phi) is 7.25. The molecule has 0 aliphatic rings. The van der Waals surface area contributed by atoms with E-state index < -0.39 is 5.97 Å². The highest BCUT2D eigenvalue weighted by molar-refractivity contribution is 5.92. The topological polar surface area (TPSA) is 64.4 Å². The van der Waals surface area contributed by atoms with Crippen molar-refractivity contribution in [3.63, 3.8) is 0 Å². The van der Waals surface area contributed by atoms with E-state index in [-0.39, 0.29) is 18.8 Å². The summed E-state index contributed by atoms with van der Waals surface area (Å²) in [6.07, 6.45) is 6.45. The zero-order valence-corrected chi connectivity index (χ0v) is 16.5. The fourth-order valence-electron chi connectivity index (χ4n) is 3.46. The third-order valence-electron chi connectivity index (χ3n) is 4.73. The molecule has 0 saturated heterocycles. The van der Waals surface area contributed by atoms with Gasteiger partial charge in [-0.15, -0.1) is 12.4 Å². The van der Waals surface area contributed by atoms with Crippen LogP contribution in [-0.4, -0.2) is 27.7 Å². The zero-order chi connectivity index (χ0) is 18.5. The number of hydrogen-bond donors (Lipinski definition) is 1. The number of carboxylic acid groups (broad SMARTS) is 1. The van der Waals surface area contributed by atoms with Crippen molar-refractivity contribution in [2.24, 2.45) is 0 Å². The summed E-state index contributed by atoms with van der Waals surface area (Å²) >= 11 is 0. The summed E-state index contributed by atoms with van der Waals surface area (Å²) in [6, 6.07) is 10.2. The van der Waals surface area contributed by atoms with E-state index in [0.717, 1.165) is 30.7 Å². The van der Waals surface area contributed by atoms with Gasteiger partial charge in [-0.2, -0.15) is 0 Å². The van der Waals surface area contributed by atoms with Gasteiger partial charge >= 0.3 is 5.97 Å². The number of hydrogen-bond acceptors (Lipinski definition) is 3. The molecular weight excluding hydrogens is 364 g/mol. The summed E-state index contributed by atoms with van der Waals surface area (Å²) in [6.45, 7) is 2.98. The number of carbonyl (C=O) groups is 1. The van der Waals surface area contributed by atoms with Gasteiger partial charge in [0.2, 0.25) is 0 Å². The van der Waals surface area contributed by atoms with Gasteiger partial charge < -0.3 is 14.4 Å². The number of unbranched alkanes of at least 4 members (excludes halogenated alkanes) is 2. The Balaban J connectivity index is 0.00000261. The molecule has 0 unspecified atom stereocenters. The molecule has 5 nitrogen and oxygen atoms in total. The van der Waals surface area contributed by atoms with Crippen LogP contribution in [0.3, 0.4) is 0 Å². The number of pyridine rings is 1. The maximum Gasteiger partial charge on any atom is 0.303 e. The van der Waals surface area contributed by atoms with Crippen molar-refractivity contribution >= 4 is 29.3 Å². The van der Waals surface area contributed by atoms with E-state index in [4.69, 9.17) is 9.84 Å². The van der Waals surface area contributed by atoms with Crippen molar-refractivity contribution in [1.29, 1.82) is 0 Å². The number of halogens is 1. The standard InChI is InChI=1S/C21H24N2O3.ClH/c1-15-18-13-17(26-2)9-10-19(18)23(12-5-3-4-8-20(24)25)21(15)16-7-6-11-22-14-16;/h6-7,9-11,13-14H,3-5,8,12H2,1-2H3,(H,24,25);1H. The molecule has 6 heteroatoms. The predicted molar refractivity (Wildman–Crippen MR) is 110 cm³/mol. The molecule has 27 heavy (non-hydrogen) atoms. The lowest BCUT2D eigenvalue weighted by atomic mass is 10.1. The molecule has 0 fully saturated rings. The number of ether oxygens (including phenoxy) is 1. The van der Waals surface area contributed by atoms with E-state index in [1.54, 1.807) is 13.3 Å². The number of aliphatic carboxylic acids is 1. The molecule has 0 saturated carbocycles. The van der Waals surface area contributed by atoms with Gasteiger partial charge in [-0.3, -0.25) is 9.78 Å². The smallest absolute Gasteiger partial charge is 0.303 e. The van der Waals surface area contributed by atoms with E-state index in [0.29, 0.717) is 6.42 Å². The first-order valence-electron chi connectivity index (χ1n) is 8.91. The number of fused-ring (bicyclic) bond motifs is 1. The summed E-state index contributed by atoms with van der Waals surface area (Å²) in [7, 11) is 1.68. The Labute approximate surface area is 165 Å². The Bertz CT molecular complexity index is 907. The summed E-state index contributed by atoms with van der Waals surface area (Å²) in [4.78, 5) is 15.0. The molecular formula is C21H25ClN2O3. The number of carboxylic acids is 1. The molecule has 3 rings (SSSR count). The summed E-state index contributed by atoms with van der Waals surface area (Å²) < 4.78 is 7.71. The quantitative estimate of drug-likeness (QED) is 0.546. The summed E-state index contributed by atoms with van der Waals surface area (Å²) in [5.74, 6) is 0.118. The Hall–Kier alpha value is -2.53. The second-order valence-corrected chi connectivity index (χ2v) is 6.45. The van der Waals surface area contributed by atoms with Gasteiger partial charge in [0, 0.05) is 41.8 Å². The van der Waals surface area contributed by atoms with Crippen molar-refractivity contribution in [2.45, 2.75) is 39.2 Å². The molecule has 0 spiro atoms. The van der Waals surface area contributed by atoms with Crippen LogP contribution in [0.2, 0.25) is 0 Å². The van der Waals surface area contributed by atoms with E-state index >= 15 is 0 Å². The molecule has 0 radical (unpaired) electrons. The largest absolute Gasteiger partial charge is 0.497 e. The van der Waals surface area contributed by atoms with Gasteiger partial charge in [-0.1, -0.05) is 6.42 Å². The lowest BCUT2D eigenvalue weighted by molar-refractivity contribution is -0.137. The SMILES string of the molecule is COc1ccc2c(c1)c(C)c(-c1cccnc1)n2CCCCCC(=O)O.Cl. The zero-order valence-electron chi connectivity index (χ0n) is 15.6. The molecule has 1 N–H and O–H groups in total. The van der Waals surface area contributed by atoms with Gasteiger partial charge in [0.05, 0.1) is 12.8 Å². The van der Waals surface area contributed by atoms with Crippen molar-refractivity contribution in [3.05, 3.63) is 48.3 Å². The molecule has 3 aromatic rings. The van der Waals surface area contributed by atoms with E-state index in [2.05, 4.69) is 34.7 Å². The van der Waals surface area contributed by atoms with Gasteiger partial charge in [0.25, 0.3) is 0 Å². The average molecular weight is 389 g/mol. The van der Waals surface area contributed by atoms with Gasteiger partial charge in [-0.25, -0.2) is 0 Å². The van der Waals surface area contributed by atoms with E-state index in [1.165, 1.54) is 22.2 Å². The maximum absolute atomic E-state index is 10.7. The Morgan fingerprint density at radius 2 is 2.04 bits per heavy atom. The lowest BCUT2D eigenvalue weighted by Crippen LogP contribution is -2.02. The minimum Gasteiger partial charge on any atom is -0.497 e. The number of nitrogens with zero attached hydrogens (tertiary/aromatic N) is 2. The van der Waals surface area contributed by atoms with Crippen LogP contribution in [0.5, 0.6) is 5.75 Å². The van der Waals surface area contributed by atoms with Crippen LogP contribution in [0.15, 0.2) is 42.7 Å². The summed E-state index contributed by atoms with van der Waals surface area (Å²) in [5.41, 5.74) is 4.63. The van der Waals surface area contributed by atoms with E-state index in [1.807, 2.05) is 18.3 Å². The Morgan fingerprint density at radius 3 is 2.70 bits per heavy atom. The van der Waals surface area contributed by atoms with Crippen molar-refractivity contribution < 1.29 is 14.6 Å². The molecule has 0 bridgehead atoms. The fourth-order valence-corrected chi connectivity index (χ4v) is 3.46. The van der Waals surface area contributed by atoms with Gasteiger partial charge in [0.15, 0.2) is 0 Å². The van der Waals surface area contributed by atoms with Crippen molar-refractivity contribution in [1.82, 2.24) is 9.55 Å². The molecule has 2 heterocycles. The van der Waals surface area contributed by atoms with Crippen molar-refractivity contribution in [3.8, 4) is 17.0 Å². The first kappa shape index (κ1) is 20.8. The minimum atomic E-state index is -0.726. The van der Waals surface area contributed by atoms with Gasteiger partial charge in [0.1, 0.15) is 5.75 Å². The first-order chi connectivity index (χ1) is 12.6. The highest BCUT2D eigenvalue weighted by Gasteiger charge is 2.16. The number of aryl methyl sites for hydroxylation is 2. The predicted octanol–water partition coefficient (Wildman–Crippen LogP) is 5.09. The number of methoxy groups -OCH3 is 1. The lowest BCUT2D eigenvalue weighted by Gasteiger charge is -2.12. The highest BCUT2D eigenvalue weighted by Crippen LogP contribution is 2.35. The van der Waals surface area contributed by atoms with Crippen LogP contribution >= 0.6 is 12.4 Å². The summed E-state index contributed by atoms with van der Waals surface area (Å²) in [5, 5.41) is 9.97. The highest BCUT2D eigenvalue weighted by atomic mass is 35.5. The fraction of sp³-hybridized carbons (Fsp3) is 0.333. The van der Waals surface area contributed by atoms with Crippen LogP contribution in [0, 0.1) is 6.92 Å². The number of rotatable bonds is 8. The monoisotopic (exact) mass is 388 g/mol. The van der Waals surface area contributed by atoms with Gasteiger partial charge in [-0.05, 0) is 55.7 Å². The van der Waals surface area contributed by atoms with Crippen LogP contribution in [-0.2, 0) is 11.3 Å². The molecule has 0 amide bonds. The second-order valence-electron chi connectivity index (χ2n) is 6.45. The van der Waals surface area contributed by atoms with Crippen LogP contribution in [0.25, 0.3) is 22.2 Å². The van der Waals surface area contributed by atoms with Crippen LogP contribution < -0.4 is 4.74 Å². The van der Waals surface area contributed by atoms with E-state index in [9.17, 15) is 4.79 Å². The molecule has 0 aliphatic heterocycles. The van der Waals surface area contributed by atoms with Crippen LogP contribution in [0.1, 0.15) is 31.2 Å². The normalized spacial score (nSPS) is 10.6. The number of aromatic nitrogens is 2. The Morgan fingerprint density at radius 1 is 1.22 bits per heavy atom. The molecule has 0 aliphatic carbocycles. The molecule has 2 aromatic heterocycles. The first-order valence-corrected chi connectivity index (χ1v) is 8.91. The van der Waals surface area contributed by atoms with Crippen LogP contribution in [0.4, 0.5) is 0 Å². The average Bonchev–Trinajstić information content (AvgIpc) is 2.93. The molecule has 144 valence electrons. The minimum absolute atomic E-state index is 0. The molecule has 1 aromatic carbocycles. The third-order valence-corrected chi connectivity index (χ3v) is 4.73. The maximum atomic E-state index is 10.7. The second kappa shape index (κ2) is 9.42. The number of benzene rings is 1. The molecule has 0 atom stereocenters.